The maximum absolute atomic E-state index is 4.26. The average Bonchev–Trinajstić information content (AvgIpc) is 2.49. The van der Waals surface area contributed by atoms with E-state index in [9.17, 15) is 0 Å². The monoisotopic (exact) mass is 315 g/mol. The van der Waals surface area contributed by atoms with Crippen LogP contribution in [0.25, 0.3) is 0 Å². The standard InChI is InChI=1S/C17H37N3S/c1-18(2)11-12-20-15-13-19(14-16-20)10-8-6-4-3-5-7-9-17-21/h21H,3-17H2,1-2H3. The maximum Gasteiger partial charge on any atom is 0.0110 e. The number of rotatable bonds is 12. The van der Waals surface area contributed by atoms with Crippen molar-refractivity contribution < 1.29 is 0 Å². The Morgan fingerprint density at radius 1 is 0.714 bits per heavy atom. The highest BCUT2D eigenvalue weighted by Gasteiger charge is 2.15. The summed E-state index contributed by atoms with van der Waals surface area (Å²) in [5, 5.41) is 0. The summed E-state index contributed by atoms with van der Waals surface area (Å²) in [6.07, 6.45) is 9.73. The second-order valence-electron chi connectivity index (χ2n) is 6.69. The van der Waals surface area contributed by atoms with Crippen LogP contribution in [0.4, 0.5) is 0 Å². The van der Waals surface area contributed by atoms with Crippen molar-refractivity contribution in [2.45, 2.75) is 44.9 Å². The Balaban J connectivity index is 1.89. The predicted octanol–water partition coefficient (Wildman–Crippen LogP) is 2.83. The summed E-state index contributed by atoms with van der Waals surface area (Å²) in [4.78, 5) is 7.55. The maximum atomic E-state index is 4.26. The molecule has 3 nitrogen and oxygen atoms in total. The van der Waals surface area contributed by atoms with E-state index < -0.39 is 0 Å². The molecule has 1 saturated heterocycles. The smallest absolute Gasteiger partial charge is 0.0110 e. The van der Waals surface area contributed by atoms with Gasteiger partial charge in [-0.2, -0.15) is 12.6 Å². The van der Waals surface area contributed by atoms with Crippen LogP contribution in [0.1, 0.15) is 44.9 Å². The molecular weight excluding hydrogens is 278 g/mol. The molecule has 0 radical (unpaired) electrons. The number of hydrogen-bond donors (Lipinski definition) is 1. The van der Waals surface area contributed by atoms with Crippen LogP contribution in [0.5, 0.6) is 0 Å². The third kappa shape index (κ3) is 10.6. The molecule has 4 heteroatoms. The molecule has 0 unspecified atom stereocenters. The van der Waals surface area contributed by atoms with Crippen LogP contribution in [0.15, 0.2) is 0 Å². The lowest BCUT2D eigenvalue weighted by Crippen LogP contribution is -2.48. The van der Waals surface area contributed by atoms with Crippen molar-refractivity contribution in [3.05, 3.63) is 0 Å². The first-order valence-corrected chi connectivity index (χ1v) is 9.56. The Kier molecular flexibility index (Phi) is 11.7. The first-order chi connectivity index (χ1) is 10.2. The third-order valence-electron chi connectivity index (χ3n) is 4.46. The summed E-state index contributed by atoms with van der Waals surface area (Å²) in [6.45, 7) is 8.80. The molecule has 1 fully saturated rings. The first-order valence-electron chi connectivity index (χ1n) is 8.92. The minimum absolute atomic E-state index is 1.06. The van der Waals surface area contributed by atoms with Gasteiger partial charge in [-0.15, -0.1) is 0 Å². The third-order valence-corrected chi connectivity index (χ3v) is 4.78. The topological polar surface area (TPSA) is 9.72 Å². The molecule has 0 spiro atoms. The first kappa shape index (κ1) is 19.3. The zero-order valence-corrected chi connectivity index (χ0v) is 15.3. The normalized spacial score (nSPS) is 17.7. The Hall–Kier alpha value is 0.230. The van der Waals surface area contributed by atoms with E-state index in [1.165, 1.54) is 90.8 Å². The van der Waals surface area contributed by atoms with E-state index >= 15 is 0 Å². The van der Waals surface area contributed by atoms with Crippen molar-refractivity contribution in [1.29, 1.82) is 0 Å². The molecule has 0 amide bonds. The van der Waals surface area contributed by atoms with Gasteiger partial charge in [0.05, 0.1) is 0 Å². The summed E-state index contributed by atoms with van der Waals surface area (Å²) < 4.78 is 0. The molecule has 0 aromatic rings. The van der Waals surface area contributed by atoms with Crippen molar-refractivity contribution >= 4 is 12.6 Å². The van der Waals surface area contributed by atoms with Crippen LogP contribution >= 0.6 is 12.6 Å². The predicted molar refractivity (Wildman–Crippen MR) is 97.6 cm³/mol. The average molecular weight is 316 g/mol. The summed E-state index contributed by atoms with van der Waals surface area (Å²) in [6, 6.07) is 0. The van der Waals surface area contributed by atoms with Gasteiger partial charge in [0, 0.05) is 39.3 Å². The summed E-state index contributed by atoms with van der Waals surface area (Å²) in [5.74, 6) is 1.06. The van der Waals surface area contributed by atoms with Gasteiger partial charge in [0.25, 0.3) is 0 Å². The quantitative estimate of drug-likeness (QED) is 0.438. The lowest BCUT2D eigenvalue weighted by Gasteiger charge is -2.35. The van der Waals surface area contributed by atoms with E-state index in [2.05, 4.69) is 41.4 Å². The van der Waals surface area contributed by atoms with Crippen LogP contribution in [0.2, 0.25) is 0 Å². The molecule has 0 N–H and O–H groups in total. The van der Waals surface area contributed by atoms with Gasteiger partial charge in [-0.1, -0.05) is 32.1 Å². The molecule has 1 aliphatic rings. The number of nitrogens with zero attached hydrogens (tertiary/aromatic N) is 3. The number of piperazine rings is 1. The van der Waals surface area contributed by atoms with Crippen LogP contribution < -0.4 is 0 Å². The van der Waals surface area contributed by atoms with E-state index in [4.69, 9.17) is 0 Å². The van der Waals surface area contributed by atoms with Gasteiger partial charge in [0.1, 0.15) is 0 Å². The van der Waals surface area contributed by atoms with Crippen molar-refractivity contribution in [1.82, 2.24) is 14.7 Å². The highest BCUT2D eigenvalue weighted by molar-refractivity contribution is 7.80. The molecule has 1 aliphatic heterocycles. The summed E-state index contributed by atoms with van der Waals surface area (Å²) >= 11 is 4.26. The molecule has 0 aromatic carbocycles. The van der Waals surface area contributed by atoms with Gasteiger partial charge in [0.2, 0.25) is 0 Å². The minimum atomic E-state index is 1.06. The number of likely N-dealkylation sites (N-methyl/N-ethyl adjacent to an activating group) is 1. The van der Waals surface area contributed by atoms with E-state index in [1.54, 1.807) is 0 Å². The number of hydrogen-bond acceptors (Lipinski definition) is 4. The molecule has 1 rings (SSSR count). The molecule has 21 heavy (non-hydrogen) atoms. The van der Waals surface area contributed by atoms with E-state index in [1.807, 2.05) is 0 Å². The van der Waals surface area contributed by atoms with E-state index in [0.29, 0.717) is 0 Å². The highest BCUT2D eigenvalue weighted by atomic mass is 32.1. The zero-order valence-electron chi connectivity index (χ0n) is 14.4. The fraction of sp³-hybridized carbons (Fsp3) is 1.00. The second kappa shape index (κ2) is 12.7. The van der Waals surface area contributed by atoms with Gasteiger partial charge in [-0.25, -0.2) is 0 Å². The molecule has 0 saturated carbocycles. The second-order valence-corrected chi connectivity index (χ2v) is 7.13. The highest BCUT2D eigenvalue weighted by Crippen LogP contribution is 2.09. The van der Waals surface area contributed by atoms with Crippen LogP contribution in [0.3, 0.4) is 0 Å². The van der Waals surface area contributed by atoms with Crippen molar-refractivity contribution in [2.75, 3.05) is 65.7 Å². The minimum Gasteiger partial charge on any atom is -0.308 e. The van der Waals surface area contributed by atoms with Gasteiger partial charge >= 0.3 is 0 Å². The molecule has 0 aliphatic carbocycles. The molecule has 126 valence electrons. The molecule has 0 bridgehead atoms. The van der Waals surface area contributed by atoms with E-state index in [0.717, 1.165) is 5.75 Å². The SMILES string of the molecule is CN(C)CCN1CCN(CCCCCCCCCS)CC1. The Bertz CT molecular complexity index is 228. The Morgan fingerprint density at radius 3 is 1.71 bits per heavy atom. The molecule has 0 aromatic heterocycles. The summed E-state index contributed by atoms with van der Waals surface area (Å²) in [7, 11) is 4.32. The fourth-order valence-electron chi connectivity index (χ4n) is 2.91. The largest absolute Gasteiger partial charge is 0.308 e. The number of thiol groups is 1. The summed E-state index contributed by atoms with van der Waals surface area (Å²) in [5.41, 5.74) is 0. The number of unbranched alkanes of at least 4 members (excludes halogenated alkanes) is 6. The molecule has 1 heterocycles. The lowest BCUT2D eigenvalue weighted by molar-refractivity contribution is 0.124. The Labute approximate surface area is 138 Å². The molecule has 0 atom stereocenters. The Morgan fingerprint density at radius 2 is 1.19 bits per heavy atom. The van der Waals surface area contributed by atoms with Crippen LogP contribution in [0, 0.1) is 0 Å². The van der Waals surface area contributed by atoms with Crippen LogP contribution in [-0.2, 0) is 0 Å². The lowest BCUT2D eigenvalue weighted by atomic mass is 10.1. The zero-order chi connectivity index (χ0) is 15.3. The van der Waals surface area contributed by atoms with Gasteiger partial charge in [-0.3, -0.25) is 4.90 Å². The van der Waals surface area contributed by atoms with Crippen molar-refractivity contribution in [2.24, 2.45) is 0 Å². The van der Waals surface area contributed by atoms with Gasteiger partial charge in [0.15, 0.2) is 0 Å². The van der Waals surface area contributed by atoms with Crippen molar-refractivity contribution in [3.8, 4) is 0 Å². The van der Waals surface area contributed by atoms with Gasteiger partial charge < -0.3 is 9.80 Å². The van der Waals surface area contributed by atoms with Crippen LogP contribution in [-0.4, -0.2) is 80.4 Å². The van der Waals surface area contributed by atoms with Gasteiger partial charge in [-0.05, 0) is 39.2 Å². The molecular formula is C17H37N3S. The fourth-order valence-corrected chi connectivity index (χ4v) is 3.13. The van der Waals surface area contributed by atoms with E-state index in [-0.39, 0.29) is 0 Å². The van der Waals surface area contributed by atoms with Crippen molar-refractivity contribution in [3.63, 3.8) is 0 Å².